The Labute approximate surface area is 587 Å². The minimum Gasteiger partial charge on any atom is -0.461 e. The zero-order valence-corrected chi connectivity index (χ0v) is 61.3. The summed E-state index contributed by atoms with van der Waals surface area (Å²) < 4.78 is 68.6. The Morgan fingerprint density at radius 2 is 1.02 bits per heavy atom. The molecule has 1 fully saturated rings. The van der Waals surface area contributed by atoms with Crippen LogP contribution < -0.4 is 19.6 Å². The molecule has 9 atom stereocenters. The maximum Gasteiger partial charge on any atom is 0.338 e. The average Bonchev–Trinajstić information content (AvgIpc) is 1.05. The Morgan fingerprint density at radius 3 is 1.48 bits per heavy atom. The van der Waals surface area contributed by atoms with Crippen LogP contribution in [0.5, 0.6) is 0 Å². The van der Waals surface area contributed by atoms with Gasteiger partial charge in [-0.2, -0.15) is 0 Å². The van der Waals surface area contributed by atoms with E-state index in [9.17, 15) is 33.6 Å². The number of unbranched alkanes of at least 4 members (excludes halogenated alkanes) is 2. The van der Waals surface area contributed by atoms with E-state index in [0.29, 0.717) is 62.5 Å². The fourth-order valence-electron chi connectivity index (χ4n) is 11.1. The standard InChI is InChI=1S/C77H112N4O18/c1-15-20-22-55(17-3)74(86)97-67(48-94-71(83)58-28-36-63(37-29-58)79(9)10)44-90-52-77(19-5)51-89-43-66(46-93-70(82)57-26-34-62(35-27-57)78(7)8)92-47-69(99-76(88)60-32-40-65(41-33-60)81(13)14)50-96-73(85)61(23-21-16-2)42-54(6)24-25-56(18-4)75(87)98-68(45-91-53-77)49-95-72(84)59-30-38-64(39-31-59)80(11)12/h26-41,54-56,61,66-69H,15-25,42-53H2,1-14H3. The van der Waals surface area contributed by atoms with Crippen molar-refractivity contribution in [3.63, 3.8) is 0 Å². The molecule has 9 unspecified atom stereocenters. The van der Waals surface area contributed by atoms with Crippen LogP contribution in [0.4, 0.5) is 22.7 Å². The quantitative estimate of drug-likeness (QED) is 0.0348. The van der Waals surface area contributed by atoms with Gasteiger partial charge in [-0.3, -0.25) is 14.4 Å². The van der Waals surface area contributed by atoms with Gasteiger partial charge >= 0.3 is 41.8 Å². The van der Waals surface area contributed by atoms with E-state index < -0.39 is 89.4 Å². The Bertz CT molecular complexity index is 3070. The lowest BCUT2D eigenvalue weighted by Crippen LogP contribution is -2.42. The van der Waals surface area contributed by atoms with E-state index in [0.717, 1.165) is 48.4 Å². The van der Waals surface area contributed by atoms with Crippen LogP contribution in [0.2, 0.25) is 0 Å². The SMILES string of the molecule is CCCCC1CC(C)CCC(CC)C(=O)OC(COC(=O)c2ccc(N(C)C)cc2)COCC(CC)(COCC(COC(=O)c2ccc(N(C)C)cc2)OC(=O)C(CC)CCCC)COCC(COC(=O)c2ccc(N(C)C)cc2)OCC(OC(=O)c2ccc(N(C)C)cc2)COC1=O. The van der Waals surface area contributed by atoms with E-state index in [-0.39, 0.29) is 89.7 Å². The molecule has 1 aliphatic heterocycles. The van der Waals surface area contributed by atoms with Crippen molar-refractivity contribution in [2.45, 2.75) is 143 Å². The lowest BCUT2D eigenvalue weighted by Gasteiger charge is -2.34. The Balaban J connectivity index is 1.55. The second kappa shape index (κ2) is 43.0. The number of carbonyl (C=O) groups excluding carboxylic acids is 7. The number of cyclic esters (lactones) is 2. The van der Waals surface area contributed by atoms with Crippen molar-refractivity contribution < 1.29 is 85.7 Å². The third-order valence-electron chi connectivity index (χ3n) is 17.8. The predicted octanol–water partition coefficient (Wildman–Crippen LogP) is 12.1. The first-order valence-electron chi connectivity index (χ1n) is 35.2. The molecule has 5 rings (SSSR count). The zero-order chi connectivity index (χ0) is 72.4. The van der Waals surface area contributed by atoms with Gasteiger partial charge in [0.2, 0.25) is 0 Å². The molecule has 1 aliphatic rings. The maximum atomic E-state index is 14.4. The minimum atomic E-state index is -1.15. The van der Waals surface area contributed by atoms with Crippen LogP contribution >= 0.6 is 0 Å². The van der Waals surface area contributed by atoms with Gasteiger partial charge in [-0.05, 0) is 154 Å². The van der Waals surface area contributed by atoms with Crippen LogP contribution in [0.25, 0.3) is 0 Å². The highest BCUT2D eigenvalue weighted by Gasteiger charge is 2.35. The number of esters is 7. The Hall–Kier alpha value is -7.79. The number of nitrogens with zero attached hydrogens (tertiary/aromatic N) is 4. The summed E-state index contributed by atoms with van der Waals surface area (Å²) in [5.74, 6) is -5.50. The number of benzene rings is 4. The first-order valence-corrected chi connectivity index (χ1v) is 35.2. The first kappa shape index (κ1) is 81.9. The van der Waals surface area contributed by atoms with Crippen molar-refractivity contribution >= 4 is 64.5 Å². The van der Waals surface area contributed by atoms with Gasteiger partial charge in [0.15, 0.2) is 18.3 Å². The third kappa shape index (κ3) is 28.0. The van der Waals surface area contributed by atoms with Crippen LogP contribution in [-0.2, 0) is 66.5 Å². The van der Waals surface area contributed by atoms with Gasteiger partial charge in [-0.15, -0.1) is 0 Å². The molecular weight excluding hydrogens is 1270 g/mol. The first-order chi connectivity index (χ1) is 47.4. The number of carbonyl (C=O) groups is 7. The molecule has 0 N–H and O–H groups in total. The van der Waals surface area contributed by atoms with E-state index in [2.05, 4.69) is 0 Å². The molecule has 0 radical (unpaired) electrons. The molecule has 548 valence electrons. The van der Waals surface area contributed by atoms with Crippen LogP contribution in [0, 0.1) is 29.1 Å². The van der Waals surface area contributed by atoms with Gasteiger partial charge in [-0.1, -0.05) is 67.2 Å². The molecule has 0 spiro atoms. The lowest BCUT2D eigenvalue weighted by molar-refractivity contribution is -0.165. The molecule has 1 saturated heterocycles. The Morgan fingerprint density at radius 1 is 0.545 bits per heavy atom. The topological polar surface area (TPSA) is 234 Å². The summed E-state index contributed by atoms with van der Waals surface area (Å²) in [6.45, 7) is 9.23. The molecule has 0 aromatic heterocycles. The number of hydrogen-bond donors (Lipinski definition) is 0. The van der Waals surface area contributed by atoms with Crippen LogP contribution in [0.15, 0.2) is 97.1 Å². The van der Waals surface area contributed by atoms with Crippen LogP contribution in [-0.4, -0.2) is 195 Å². The van der Waals surface area contributed by atoms with Crippen molar-refractivity contribution in [3.05, 3.63) is 119 Å². The fourth-order valence-corrected chi connectivity index (χ4v) is 11.1. The molecule has 4 aromatic carbocycles. The summed E-state index contributed by atoms with van der Waals surface area (Å²) in [5.41, 5.74) is 3.59. The second-order valence-electron chi connectivity index (χ2n) is 26.8. The molecule has 0 bridgehead atoms. The summed E-state index contributed by atoms with van der Waals surface area (Å²) in [7, 11) is 15.1. The number of rotatable bonds is 30. The zero-order valence-electron chi connectivity index (χ0n) is 61.3. The average molecular weight is 1380 g/mol. The normalized spacial score (nSPS) is 20.7. The van der Waals surface area contributed by atoms with Crippen molar-refractivity contribution in [2.24, 2.45) is 29.1 Å². The lowest BCUT2D eigenvalue weighted by atomic mass is 9.86. The minimum absolute atomic E-state index is 0.0368. The molecule has 1 heterocycles. The third-order valence-corrected chi connectivity index (χ3v) is 17.8. The number of anilines is 4. The van der Waals surface area contributed by atoms with E-state index in [1.165, 1.54) is 0 Å². The van der Waals surface area contributed by atoms with Gasteiger partial charge in [0.25, 0.3) is 0 Å². The maximum absolute atomic E-state index is 14.4. The van der Waals surface area contributed by atoms with Gasteiger partial charge in [0, 0.05) is 84.5 Å². The number of ether oxygens (including phenoxy) is 11. The van der Waals surface area contributed by atoms with Crippen molar-refractivity contribution in [3.8, 4) is 0 Å². The summed E-state index contributed by atoms with van der Waals surface area (Å²) in [6.07, 6.45) is 2.91. The predicted molar refractivity (Wildman–Crippen MR) is 382 cm³/mol. The summed E-state index contributed by atoms with van der Waals surface area (Å²) in [6, 6.07) is 27.6. The van der Waals surface area contributed by atoms with Gasteiger partial charge in [0.1, 0.15) is 32.5 Å². The highest BCUT2D eigenvalue weighted by Crippen LogP contribution is 2.29. The summed E-state index contributed by atoms with van der Waals surface area (Å²) in [5, 5.41) is 0. The number of hydrogen-bond acceptors (Lipinski definition) is 22. The van der Waals surface area contributed by atoms with Gasteiger partial charge in [0.05, 0.1) is 86.3 Å². The monoisotopic (exact) mass is 1380 g/mol. The van der Waals surface area contributed by atoms with E-state index in [1.54, 1.807) is 97.1 Å². The molecule has 0 amide bonds. The summed E-state index contributed by atoms with van der Waals surface area (Å²) >= 11 is 0. The van der Waals surface area contributed by atoms with E-state index in [4.69, 9.17) is 52.1 Å². The molecule has 0 aliphatic carbocycles. The van der Waals surface area contributed by atoms with Crippen molar-refractivity contribution in [1.82, 2.24) is 0 Å². The highest BCUT2D eigenvalue weighted by atomic mass is 16.6. The smallest absolute Gasteiger partial charge is 0.338 e. The second-order valence-corrected chi connectivity index (χ2v) is 26.8. The summed E-state index contributed by atoms with van der Waals surface area (Å²) in [4.78, 5) is 105. The van der Waals surface area contributed by atoms with Gasteiger partial charge in [-0.25, -0.2) is 19.2 Å². The van der Waals surface area contributed by atoms with Crippen molar-refractivity contribution in [2.75, 3.05) is 149 Å². The molecule has 99 heavy (non-hydrogen) atoms. The molecule has 4 aromatic rings. The van der Waals surface area contributed by atoms with Gasteiger partial charge < -0.3 is 71.7 Å². The molecule has 0 saturated carbocycles. The van der Waals surface area contributed by atoms with Crippen molar-refractivity contribution in [1.29, 1.82) is 0 Å². The Kier molecular flexibility index (Phi) is 35.6. The van der Waals surface area contributed by atoms with E-state index >= 15 is 0 Å². The van der Waals surface area contributed by atoms with Crippen LogP contribution in [0.3, 0.4) is 0 Å². The molecular formula is C77H112N4O18. The van der Waals surface area contributed by atoms with E-state index in [1.807, 2.05) is 118 Å². The molecule has 22 nitrogen and oxygen atoms in total. The van der Waals surface area contributed by atoms with Crippen LogP contribution in [0.1, 0.15) is 160 Å². The largest absolute Gasteiger partial charge is 0.461 e. The highest BCUT2D eigenvalue weighted by molar-refractivity contribution is 5.91. The fraction of sp³-hybridized carbons (Fsp3) is 0.597. The molecule has 22 heteroatoms.